The summed E-state index contributed by atoms with van der Waals surface area (Å²) < 4.78 is 11.6. The third kappa shape index (κ3) is 3.21. The topological polar surface area (TPSA) is 44.5 Å². The summed E-state index contributed by atoms with van der Waals surface area (Å²) in [6, 6.07) is 5.82. The summed E-state index contributed by atoms with van der Waals surface area (Å²) in [7, 11) is 1.67. The molecule has 1 aromatic rings. The van der Waals surface area contributed by atoms with Crippen LogP contribution in [0, 0.1) is 5.92 Å². The van der Waals surface area contributed by atoms with E-state index in [0.29, 0.717) is 12.0 Å². The second-order valence-corrected chi connectivity index (χ2v) is 5.58. The van der Waals surface area contributed by atoms with Crippen LogP contribution in [0.5, 0.6) is 11.5 Å². The minimum atomic E-state index is -0.0925. The van der Waals surface area contributed by atoms with Crippen LogP contribution in [-0.2, 0) is 0 Å². The first-order chi connectivity index (χ1) is 9.13. The van der Waals surface area contributed by atoms with Gasteiger partial charge in [0.15, 0.2) is 0 Å². The maximum Gasteiger partial charge on any atom is 0.128 e. The monoisotopic (exact) mass is 263 g/mol. The lowest BCUT2D eigenvalue weighted by Gasteiger charge is -2.30. The second kappa shape index (κ2) is 6.29. The Hall–Kier alpha value is -1.22. The molecule has 1 fully saturated rings. The van der Waals surface area contributed by atoms with Gasteiger partial charge in [-0.15, -0.1) is 0 Å². The lowest BCUT2D eigenvalue weighted by molar-refractivity contribution is 0.101. The van der Waals surface area contributed by atoms with Crippen LogP contribution in [0.3, 0.4) is 0 Å². The van der Waals surface area contributed by atoms with Crippen molar-refractivity contribution in [2.24, 2.45) is 11.7 Å². The Balaban J connectivity index is 2.23. The van der Waals surface area contributed by atoms with Crippen molar-refractivity contribution in [2.75, 3.05) is 7.11 Å². The highest BCUT2D eigenvalue weighted by atomic mass is 16.5. The molecule has 0 saturated heterocycles. The molecule has 0 amide bonds. The lowest BCUT2D eigenvalue weighted by atomic mass is 9.88. The summed E-state index contributed by atoms with van der Waals surface area (Å²) in [5.74, 6) is 2.31. The van der Waals surface area contributed by atoms with Crippen LogP contribution in [0.4, 0.5) is 0 Å². The molecule has 19 heavy (non-hydrogen) atoms. The van der Waals surface area contributed by atoms with Crippen LogP contribution in [0.25, 0.3) is 0 Å². The van der Waals surface area contributed by atoms with Gasteiger partial charge in [0.25, 0.3) is 0 Å². The number of hydrogen-bond acceptors (Lipinski definition) is 3. The molecule has 2 unspecified atom stereocenters. The zero-order valence-electron chi connectivity index (χ0n) is 12.2. The summed E-state index contributed by atoms with van der Waals surface area (Å²) in [5, 5.41) is 0. The van der Waals surface area contributed by atoms with Gasteiger partial charge in [0.2, 0.25) is 0 Å². The molecular formula is C16H25NO2. The van der Waals surface area contributed by atoms with Gasteiger partial charge in [0.05, 0.1) is 12.7 Å². The molecule has 0 heterocycles. The molecule has 106 valence electrons. The zero-order valence-corrected chi connectivity index (χ0v) is 12.2. The fourth-order valence-corrected chi connectivity index (χ4v) is 2.87. The van der Waals surface area contributed by atoms with E-state index >= 15 is 0 Å². The number of rotatable bonds is 4. The van der Waals surface area contributed by atoms with Crippen molar-refractivity contribution in [2.45, 2.75) is 51.7 Å². The van der Waals surface area contributed by atoms with Gasteiger partial charge in [0, 0.05) is 6.04 Å². The minimum absolute atomic E-state index is 0.0925. The van der Waals surface area contributed by atoms with Gasteiger partial charge in [-0.05, 0) is 44.2 Å². The molecule has 3 heteroatoms. The van der Waals surface area contributed by atoms with Crippen LogP contribution in [-0.4, -0.2) is 13.2 Å². The van der Waals surface area contributed by atoms with Gasteiger partial charge in [-0.1, -0.05) is 19.4 Å². The predicted octanol–water partition coefficient (Wildman–Crippen LogP) is 3.67. The van der Waals surface area contributed by atoms with Crippen LogP contribution in [0.1, 0.15) is 51.1 Å². The van der Waals surface area contributed by atoms with Gasteiger partial charge in [-0.25, -0.2) is 0 Å². The van der Waals surface area contributed by atoms with E-state index in [1.165, 1.54) is 19.3 Å². The smallest absolute Gasteiger partial charge is 0.128 e. The van der Waals surface area contributed by atoms with Crippen molar-refractivity contribution in [3.8, 4) is 11.5 Å². The Bertz CT molecular complexity index is 417. The first kappa shape index (κ1) is 14.2. The highest BCUT2D eigenvalue weighted by Crippen LogP contribution is 2.36. The summed E-state index contributed by atoms with van der Waals surface area (Å²) in [6.45, 7) is 4.24. The molecule has 0 spiro atoms. The standard InChI is InChI=1S/C16H25NO2/c1-11-7-4-5-8-13(11)19-15-10-6-9-14(18-3)16(15)12(2)17/h6,9-13H,4-5,7-8,17H2,1-3H3/t11?,12-,13?/m1/s1. The SMILES string of the molecule is COc1cccc(OC2CCCCC2C)c1[C@@H](C)N. The molecule has 1 saturated carbocycles. The predicted molar refractivity (Wildman–Crippen MR) is 77.6 cm³/mol. The number of methoxy groups -OCH3 is 1. The molecule has 0 aliphatic heterocycles. The molecule has 3 nitrogen and oxygen atoms in total. The number of hydrogen-bond donors (Lipinski definition) is 1. The Morgan fingerprint density at radius 3 is 2.53 bits per heavy atom. The van der Waals surface area contributed by atoms with Gasteiger partial charge < -0.3 is 15.2 Å². The fraction of sp³-hybridized carbons (Fsp3) is 0.625. The Morgan fingerprint density at radius 1 is 1.21 bits per heavy atom. The Labute approximate surface area is 116 Å². The molecular weight excluding hydrogens is 238 g/mol. The van der Waals surface area contributed by atoms with E-state index < -0.39 is 0 Å². The van der Waals surface area contributed by atoms with E-state index in [0.717, 1.165) is 23.5 Å². The summed E-state index contributed by atoms with van der Waals surface area (Å²) >= 11 is 0. The molecule has 3 atom stereocenters. The van der Waals surface area contributed by atoms with Crippen molar-refractivity contribution < 1.29 is 9.47 Å². The van der Waals surface area contributed by atoms with E-state index in [-0.39, 0.29) is 6.04 Å². The zero-order chi connectivity index (χ0) is 13.8. The van der Waals surface area contributed by atoms with E-state index in [2.05, 4.69) is 6.92 Å². The molecule has 0 radical (unpaired) electrons. The van der Waals surface area contributed by atoms with Gasteiger partial charge >= 0.3 is 0 Å². The third-order valence-corrected chi connectivity index (χ3v) is 4.01. The van der Waals surface area contributed by atoms with E-state index in [1.807, 2.05) is 25.1 Å². The van der Waals surface area contributed by atoms with Gasteiger partial charge in [-0.2, -0.15) is 0 Å². The number of benzene rings is 1. The average molecular weight is 263 g/mol. The van der Waals surface area contributed by atoms with Crippen molar-refractivity contribution in [3.05, 3.63) is 23.8 Å². The first-order valence-electron chi connectivity index (χ1n) is 7.22. The second-order valence-electron chi connectivity index (χ2n) is 5.58. The number of nitrogens with two attached hydrogens (primary N) is 1. The minimum Gasteiger partial charge on any atom is -0.496 e. The van der Waals surface area contributed by atoms with Crippen LogP contribution in [0.2, 0.25) is 0 Å². The summed E-state index contributed by atoms with van der Waals surface area (Å²) in [5.41, 5.74) is 7.05. The molecule has 2 rings (SSSR count). The fourth-order valence-electron chi connectivity index (χ4n) is 2.87. The normalized spacial score (nSPS) is 24.8. The highest BCUT2D eigenvalue weighted by Gasteiger charge is 2.25. The Kier molecular flexibility index (Phi) is 4.70. The third-order valence-electron chi connectivity index (χ3n) is 4.01. The average Bonchev–Trinajstić information content (AvgIpc) is 2.40. The lowest BCUT2D eigenvalue weighted by Crippen LogP contribution is -2.29. The van der Waals surface area contributed by atoms with E-state index in [9.17, 15) is 0 Å². The molecule has 1 aliphatic rings. The van der Waals surface area contributed by atoms with Gasteiger partial charge in [-0.3, -0.25) is 0 Å². The van der Waals surface area contributed by atoms with Gasteiger partial charge in [0.1, 0.15) is 17.6 Å². The van der Waals surface area contributed by atoms with Crippen molar-refractivity contribution in [3.63, 3.8) is 0 Å². The van der Waals surface area contributed by atoms with Crippen molar-refractivity contribution >= 4 is 0 Å². The number of ether oxygens (including phenoxy) is 2. The molecule has 0 aromatic heterocycles. The highest BCUT2D eigenvalue weighted by molar-refractivity contribution is 5.46. The molecule has 1 aliphatic carbocycles. The molecule has 2 N–H and O–H groups in total. The summed E-state index contributed by atoms with van der Waals surface area (Å²) in [6.07, 6.45) is 5.27. The van der Waals surface area contributed by atoms with E-state index in [4.69, 9.17) is 15.2 Å². The van der Waals surface area contributed by atoms with Crippen molar-refractivity contribution in [1.29, 1.82) is 0 Å². The summed E-state index contributed by atoms with van der Waals surface area (Å²) in [4.78, 5) is 0. The van der Waals surface area contributed by atoms with Crippen LogP contribution >= 0.6 is 0 Å². The maximum absolute atomic E-state index is 6.24. The maximum atomic E-state index is 6.24. The molecule has 0 bridgehead atoms. The van der Waals surface area contributed by atoms with Crippen LogP contribution in [0.15, 0.2) is 18.2 Å². The quantitative estimate of drug-likeness (QED) is 0.901. The van der Waals surface area contributed by atoms with Crippen molar-refractivity contribution in [1.82, 2.24) is 0 Å². The largest absolute Gasteiger partial charge is 0.496 e. The van der Waals surface area contributed by atoms with Crippen LogP contribution < -0.4 is 15.2 Å². The molecule has 1 aromatic carbocycles. The van der Waals surface area contributed by atoms with E-state index in [1.54, 1.807) is 7.11 Å². The Morgan fingerprint density at radius 2 is 1.89 bits per heavy atom. The first-order valence-corrected chi connectivity index (χ1v) is 7.22.